The van der Waals surface area contributed by atoms with E-state index in [9.17, 15) is 31.9 Å². The first-order chi connectivity index (χ1) is 15.0. The number of aromatic nitrogens is 1. The number of hydrogen-bond donors (Lipinski definition) is 2. The third kappa shape index (κ3) is 6.61. The molecule has 170 valence electrons. The van der Waals surface area contributed by atoms with E-state index in [1.807, 2.05) is 0 Å². The number of nitriles is 1. The third-order valence-electron chi connectivity index (χ3n) is 4.07. The van der Waals surface area contributed by atoms with Crippen LogP contribution in [0.4, 0.5) is 8.78 Å². The maximum absolute atomic E-state index is 12.7. The van der Waals surface area contributed by atoms with Crippen molar-refractivity contribution >= 4 is 21.7 Å². The Balaban J connectivity index is 2.29. The average Bonchev–Trinajstić information content (AvgIpc) is 2.73. The number of carbonyl (C=O) groups is 2. The SMILES string of the molecule is CN(C#N)C(=O)[C@H](CS(=O)(=O)Cc1ccccc1OC(F)F)NC(=O)c1ncccc1O. The number of nitrogens with zero attached hydrogens (tertiary/aromatic N) is 3. The predicted octanol–water partition coefficient (Wildman–Crippen LogP) is 1.04. The van der Waals surface area contributed by atoms with E-state index in [2.05, 4.69) is 15.0 Å². The number of para-hydroxylation sites is 1. The third-order valence-corrected chi connectivity index (χ3v) is 5.66. The van der Waals surface area contributed by atoms with Crippen molar-refractivity contribution in [2.75, 3.05) is 12.8 Å². The van der Waals surface area contributed by atoms with Crippen LogP contribution in [0.25, 0.3) is 0 Å². The van der Waals surface area contributed by atoms with Crippen molar-refractivity contribution in [2.45, 2.75) is 18.4 Å². The summed E-state index contributed by atoms with van der Waals surface area (Å²) in [6, 6.07) is 6.01. The molecule has 2 amide bonds. The first-order valence-corrected chi connectivity index (χ1v) is 10.7. The highest BCUT2D eigenvalue weighted by Crippen LogP contribution is 2.23. The fraction of sp³-hybridized carbons (Fsp3) is 0.263. The Bertz CT molecular complexity index is 1140. The Morgan fingerprint density at radius 3 is 2.59 bits per heavy atom. The molecule has 0 radical (unpaired) electrons. The van der Waals surface area contributed by atoms with E-state index in [4.69, 9.17) is 5.26 Å². The molecule has 0 saturated heterocycles. The molecule has 10 nitrogen and oxygen atoms in total. The lowest BCUT2D eigenvalue weighted by Crippen LogP contribution is -2.50. The summed E-state index contributed by atoms with van der Waals surface area (Å²) in [4.78, 5) is 29.1. The van der Waals surface area contributed by atoms with Gasteiger partial charge >= 0.3 is 6.61 Å². The van der Waals surface area contributed by atoms with Crippen molar-refractivity contribution in [1.29, 1.82) is 5.26 Å². The number of amides is 2. The van der Waals surface area contributed by atoms with Crippen molar-refractivity contribution in [2.24, 2.45) is 0 Å². The van der Waals surface area contributed by atoms with E-state index in [0.29, 0.717) is 4.90 Å². The Morgan fingerprint density at radius 1 is 1.28 bits per heavy atom. The molecule has 0 aliphatic rings. The molecule has 13 heteroatoms. The van der Waals surface area contributed by atoms with Crippen molar-refractivity contribution in [3.63, 3.8) is 0 Å². The zero-order chi connectivity index (χ0) is 23.9. The van der Waals surface area contributed by atoms with Crippen LogP contribution < -0.4 is 10.1 Å². The second-order valence-corrected chi connectivity index (χ2v) is 8.54. The molecule has 1 aromatic heterocycles. The summed E-state index contributed by atoms with van der Waals surface area (Å²) >= 11 is 0. The van der Waals surface area contributed by atoms with Gasteiger partial charge in [-0.1, -0.05) is 18.2 Å². The van der Waals surface area contributed by atoms with Crippen molar-refractivity contribution in [3.05, 3.63) is 53.9 Å². The minimum Gasteiger partial charge on any atom is -0.505 e. The molecule has 32 heavy (non-hydrogen) atoms. The number of rotatable bonds is 9. The summed E-state index contributed by atoms with van der Waals surface area (Å²) < 4.78 is 55.0. The van der Waals surface area contributed by atoms with Gasteiger partial charge in [0.2, 0.25) is 0 Å². The molecular formula is C19H18F2N4O6S. The summed E-state index contributed by atoms with van der Waals surface area (Å²) in [5.74, 6) is -4.70. The molecule has 2 aromatic rings. The largest absolute Gasteiger partial charge is 0.505 e. The highest BCUT2D eigenvalue weighted by molar-refractivity contribution is 7.90. The topological polar surface area (TPSA) is 150 Å². The number of aromatic hydroxyl groups is 1. The maximum atomic E-state index is 12.7. The maximum Gasteiger partial charge on any atom is 0.387 e. The summed E-state index contributed by atoms with van der Waals surface area (Å²) in [5.41, 5.74) is -0.542. The lowest BCUT2D eigenvalue weighted by molar-refractivity contribution is -0.128. The van der Waals surface area contributed by atoms with Gasteiger partial charge in [0.25, 0.3) is 11.8 Å². The highest BCUT2D eigenvalue weighted by atomic mass is 32.2. The van der Waals surface area contributed by atoms with Gasteiger partial charge in [0.05, 0.1) is 11.5 Å². The number of sulfone groups is 1. The molecule has 0 saturated carbocycles. The van der Waals surface area contributed by atoms with Gasteiger partial charge in [0, 0.05) is 18.8 Å². The van der Waals surface area contributed by atoms with Crippen LogP contribution >= 0.6 is 0 Å². The fourth-order valence-electron chi connectivity index (χ4n) is 2.64. The van der Waals surface area contributed by atoms with E-state index in [-0.39, 0.29) is 11.3 Å². The number of hydrogen-bond acceptors (Lipinski definition) is 8. The zero-order valence-electron chi connectivity index (χ0n) is 16.6. The van der Waals surface area contributed by atoms with Gasteiger partial charge in [-0.05, 0) is 18.2 Å². The summed E-state index contributed by atoms with van der Waals surface area (Å²) in [7, 11) is -3.13. The monoisotopic (exact) mass is 468 g/mol. The fourth-order valence-corrected chi connectivity index (χ4v) is 4.20. The highest BCUT2D eigenvalue weighted by Gasteiger charge is 2.31. The van der Waals surface area contributed by atoms with Gasteiger partial charge in [-0.15, -0.1) is 0 Å². The minimum atomic E-state index is -4.20. The standard InChI is InChI=1S/C19H18F2N4O6S/c1-25(11-22)18(28)13(24-17(27)16-14(26)6-4-8-23-16)10-32(29,30)9-12-5-2-3-7-15(12)31-19(20)21/h2-8,13,19,26H,9-10H2,1H3,(H,24,27)/t13-/m0/s1. The number of carbonyl (C=O) groups excluding carboxylic acids is 2. The van der Waals surface area contributed by atoms with Crippen LogP contribution in [0.5, 0.6) is 11.5 Å². The average molecular weight is 468 g/mol. The Kier molecular flexibility index (Phi) is 8.03. The number of pyridine rings is 1. The van der Waals surface area contributed by atoms with Crippen LogP contribution in [0.15, 0.2) is 42.6 Å². The van der Waals surface area contributed by atoms with Crippen LogP contribution in [0.3, 0.4) is 0 Å². The second kappa shape index (κ2) is 10.5. The second-order valence-electron chi connectivity index (χ2n) is 6.44. The number of alkyl halides is 2. The van der Waals surface area contributed by atoms with Crippen molar-refractivity contribution < 1.29 is 36.6 Å². The van der Waals surface area contributed by atoms with E-state index < -0.39 is 57.3 Å². The quantitative estimate of drug-likeness (QED) is 0.409. The normalized spacial score (nSPS) is 12.0. The van der Waals surface area contributed by atoms with Crippen molar-refractivity contribution in [3.8, 4) is 17.7 Å². The Morgan fingerprint density at radius 2 is 1.97 bits per heavy atom. The molecule has 2 rings (SSSR count). The lowest BCUT2D eigenvalue weighted by atomic mass is 10.2. The van der Waals surface area contributed by atoms with E-state index >= 15 is 0 Å². The van der Waals surface area contributed by atoms with Gasteiger partial charge in [-0.2, -0.15) is 14.0 Å². The molecule has 1 heterocycles. The van der Waals surface area contributed by atoms with E-state index in [0.717, 1.165) is 19.2 Å². The Labute approximate surface area is 182 Å². The van der Waals surface area contributed by atoms with E-state index in [1.54, 1.807) is 0 Å². The van der Waals surface area contributed by atoms with Crippen LogP contribution in [-0.2, 0) is 20.4 Å². The first kappa shape index (κ1) is 24.5. The molecule has 0 aliphatic carbocycles. The molecular weight excluding hydrogens is 450 g/mol. The van der Waals surface area contributed by atoms with Gasteiger partial charge in [0.1, 0.15) is 17.5 Å². The number of nitrogens with one attached hydrogen (secondary N) is 1. The lowest BCUT2D eigenvalue weighted by Gasteiger charge is -2.20. The molecule has 2 N–H and O–H groups in total. The number of halogens is 2. The molecule has 0 fully saturated rings. The zero-order valence-corrected chi connectivity index (χ0v) is 17.4. The molecule has 0 bridgehead atoms. The molecule has 1 aromatic carbocycles. The van der Waals surface area contributed by atoms with Crippen LogP contribution in [0.1, 0.15) is 16.1 Å². The van der Waals surface area contributed by atoms with Crippen LogP contribution in [0.2, 0.25) is 0 Å². The summed E-state index contributed by atoms with van der Waals surface area (Å²) in [5, 5.41) is 20.9. The van der Waals surface area contributed by atoms with Crippen molar-refractivity contribution in [1.82, 2.24) is 15.2 Å². The summed E-state index contributed by atoms with van der Waals surface area (Å²) in [6.45, 7) is -3.18. The minimum absolute atomic E-state index is 0.0821. The molecule has 0 unspecified atom stereocenters. The summed E-state index contributed by atoms with van der Waals surface area (Å²) in [6.07, 6.45) is 2.70. The predicted molar refractivity (Wildman–Crippen MR) is 106 cm³/mol. The molecule has 1 atom stereocenters. The van der Waals surface area contributed by atoms with E-state index in [1.165, 1.54) is 36.7 Å². The molecule has 0 spiro atoms. The van der Waals surface area contributed by atoms with Gasteiger partial charge < -0.3 is 15.2 Å². The van der Waals surface area contributed by atoms with Gasteiger partial charge in [-0.25, -0.2) is 13.4 Å². The van der Waals surface area contributed by atoms with Crippen LogP contribution in [-0.4, -0.2) is 60.7 Å². The number of ether oxygens (including phenoxy) is 1. The van der Waals surface area contributed by atoms with Gasteiger partial charge in [0.15, 0.2) is 21.7 Å². The smallest absolute Gasteiger partial charge is 0.387 e. The number of benzene rings is 1. The van der Waals surface area contributed by atoms with Gasteiger partial charge in [-0.3, -0.25) is 14.5 Å². The Hall–Kier alpha value is -3.79. The van der Waals surface area contributed by atoms with Crippen LogP contribution in [0, 0.1) is 11.5 Å². The molecule has 0 aliphatic heterocycles. The first-order valence-electron chi connectivity index (χ1n) is 8.89. The number of likely N-dealkylation sites (N-methyl/N-ethyl adjacent to an activating group) is 1.